The zero-order valence-corrected chi connectivity index (χ0v) is 17.5. The number of fused-ring (bicyclic) bond motifs is 5. The predicted molar refractivity (Wildman–Crippen MR) is 97.3 cm³/mol. The van der Waals surface area contributed by atoms with Gasteiger partial charge in [0.05, 0.1) is 6.10 Å². The molecule has 28 heavy (non-hydrogen) atoms. The van der Waals surface area contributed by atoms with E-state index in [-0.39, 0.29) is 24.2 Å². The summed E-state index contributed by atoms with van der Waals surface area (Å²) in [7, 11) is 0. The number of hydrogen-bond acceptors (Lipinski definition) is 4. The fraction of sp³-hybridized carbons (Fsp3) is 0.952. The summed E-state index contributed by atoms with van der Waals surface area (Å²) in [5.74, 6) is -0.389. The Balaban J connectivity index is 1.78. The lowest BCUT2D eigenvalue weighted by Crippen LogP contribution is -2.55. The second kappa shape index (κ2) is 6.86. The molecule has 0 radical (unpaired) electrons. The molecule has 4 nitrogen and oxygen atoms in total. The van der Waals surface area contributed by atoms with Crippen molar-refractivity contribution in [3.05, 3.63) is 0 Å². The van der Waals surface area contributed by atoms with Crippen LogP contribution in [0, 0.1) is 41.4 Å². The fourth-order valence-corrected chi connectivity index (χ4v) is 6.27. The normalized spacial score (nSPS) is 42.4. The Hall–Kier alpha value is -0.820. The van der Waals surface area contributed by atoms with E-state index in [0.717, 1.165) is 13.3 Å². The summed E-state index contributed by atoms with van der Waals surface area (Å²) in [4.78, 5) is 11.9. The monoisotopic (exact) mass is 406 g/mol. The van der Waals surface area contributed by atoms with E-state index in [9.17, 15) is 23.1 Å². The van der Waals surface area contributed by atoms with E-state index in [1.54, 1.807) is 20.8 Å². The van der Waals surface area contributed by atoms with Crippen LogP contribution in [0.5, 0.6) is 0 Å². The molecule has 3 aliphatic rings. The molecule has 3 saturated carbocycles. The molecule has 0 aromatic heterocycles. The minimum atomic E-state index is -4.70. The van der Waals surface area contributed by atoms with E-state index in [0.29, 0.717) is 17.8 Å². The van der Waals surface area contributed by atoms with Crippen molar-refractivity contribution in [3.8, 4) is 0 Å². The zero-order valence-electron chi connectivity index (χ0n) is 17.5. The van der Waals surface area contributed by atoms with Crippen molar-refractivity contribution in [2.75, 3.05) is 6.61 Å². The molecule has 0 saturated heterocycles. The number of carbonyl (C=O) groups excluding carboxylic acids is 1. The predicted octanol–water partition coefficient (Wildman–Crippen LogP) is 4.20. The SMILES string of the molecule is CC1C(C)C2CC1C1CC(C(C)(OCC(=O)OC(C)(C)C)C(F)(F)F)C(O)C21. The summed E-state index contributed by atoms with van der Waals surface area (Å²) in [5.41, 5.74) is -3.38. The lowest BCUT2D eigenvalue weighted by molar-refractivity contribution is -0.297. The van der Waals surface area contributed by atoms with Gasteiger partial charge in [0.15, 0.2) is 5.60 Å². The summed E-state index contributed by atoms with van der Waals surface area (Å²) in [6.07, 6.45) is -4.48. The highest BCUT2D eigenvalue weighted by Crippen LogP contribution is 2.66. The van der Waals surface area contributed by atoms with Gasteiger partial charge in [0, 0.05) is 5.92 Å². The third kappa shape index (κ3) is 3.47. The Morgan fingerprint density at radius 1 is 1.00 bits per heavy atom. The number of aliphatic hydroxyl groups is 1. The Labute approximate surface area is 165 Å². The van der Waals surface area contributed by atoms with Crippen LogP contribution in [0.3, 0.4) is 0 Å². The van der Waals surface area contributed by atoms with E-state index in [1.807, 2.05) is 0 Å². The van der Waals surface area contributed by atoms with Crippen LogP contribution in [0.4, 0.5) is 13.2 Å². The molecule has 0 aromatic carbocycles. The second-order valence-electron chi connectivity index (χ2n) is 10.3. The zero-order chi connectivity index (χ0) is 21.2. The van der Waals surface area contributed by atoms with E-state index in [1.165, 1.54) is 0 Å². The molecule has 7 heteroatoms. The first-order chi connectivity index (χ1) is 12.7. The first kappa shape index (κ1) is 21.9. The maximum Gasteiger partial charge on any atom is 0.417 e. The average molecular weight is 406 g/mol. The summed E-state index contributed by atoms with van der Waals surface area (Å²) in [5, 5.41) is 10.9. The molecular weight excluding hydrogens is 373 g/mol. The Morgan fingerprint density at radius 2 is 1.57 bits per heavy atom. The number of rotatable bonds is 4. The molecule has 0 spiro atoms. The Kier molecular flexibility index (Phi) is 5.36. The molecule has 0 heterocycles. The summed E-state index contributed by atoms with van der Waals surface area (Å²) in [6, 6.07) is 0. The minimum Gasteiger partial charge on any atom is -0.458 e. The Bertz CT molecular complexity index is 614. The molecule has 3 fully saturated rings. The second-order valence-corrected chi connectivity index (χ2v) is 10.3. The molecule has 9 atom stereocenters. The fourth-order valence-electron chi connectivity index (χ4n) is 6.27. The average Bonchev–Trinajstić information content (AvgIpc) is 3.15. The van der Waals surface area contributed by atoms with Gasteiger partial charge in [-0.05, 0) is 76.0 Å². The van der Waals surface area contributed by atoms with Crippen molar-refractivity contribution >= 4 is 5.97 Å². The molecule has 2 bridgehead atoms. The van der Waals surface area contributed by atoms with Gasteiger partial charge in [-0.3, -0.25) is 0 Å². The largest absolute Gasteiger partial charge is 0.458 e. The van der Waals surface area contributed by atoms with Crippen molar-refractivity contribution in [2.24, 2.45) is 41.4 Å². The van der Waals surface area contributed by atoms with Crippen LogP contribution < -0.4 is 0 Å². The van der Waals surface area contributed by atoms with Crippen LogP contribution in [-0.2, 0) is 14.3 Å². The van der Waals surface area contributed by atoms with Crippen LogP contribution in [0.1, 0.15) is 54.4 Å². The molecule has 0 amide bonds. The topological polar surface area (TPSA) is 55.8 Å². The van der Waals surface area contributed by atoms with Crippen LogP contribution in [0.25, 0.3) is 0 Å². The number of hydrogen-bond donors (Lipinski definition) is 1. The number of carbonyl (C=O) groups is 1. The highest BCUT2D eigenvalue weighted by atomic mass is 19.4. The van der Waals surface area contributed by atoms with Crippen LogP contribution in [0.15, 0.2) is 0 Å². The number of alkyl halides is 3. The van der Waals surface area contributed by atoms with Crippen LogP contribution in [-0.4, -0.2) is 41.2 Å². The molecule has 1 N–H and O–H groups in total. The number of aliphatic hydroxyl groups excluding tert-OH is 1. The molecular formula is C21H33F3O4. The van der Waals surface area contributed by atoms with Gasteiger partial charge in [0.1, 0.15) is 12.2 Å². The van der Waals surface area contributed by atoms with Gasteiger partial charge < -0.3 is 14.6 Å². The van der Waals surface area contributed by atoms with Crippen molar-refractivity contribution in [1.82, 2.24) is 0 Å². The molecule has 9 unspecified atom stereocenters. The lowest BCUT2D eigenvalue weighted by Gasteiger charge is -2.40. The van der Waals surface area contributed by atoms with Gasteiger partial charge >= 0.3 is 12.1 Å². The standard InChI is InChI=1S/C21H33F3O4/c1-10-11(2)13-7-12(10)14-8-15(18(26)17(13)14)20(6,21(22,23)24)27-9-16(25)28-19(3,4)5/h10-15,17-18,26H,7-9H2,1-6H3. The van der Waals surface area contributed by atoms with Crippen molar-refractivity contribution in [2.45, 2.75) is 77.9 Å². The maximum atomic E-state index is 14.1. The molecule has 162 valence electrons. The summed E-state index contributed by atoms with van der Waals surface area (Å²) >= 11 is 0. The van der Waals surface area contributed by atoms with Gasteiger partial charge in [0.2, 0.25) is 0 Å². The van der Waals surface area contributed by atoms with E-state index < -0.39 is 42.0 Å². The third-order valence-corrected chi connectivity index (χ3v) is 7.78. The summed E-state index contributed by atoms with van der Waals surface area (Å²) in [6.45, 7) is 9.45. The smallest absolute Gasteiger partial charge is 0.417 e. The van der Waals surface area contributed by atoms with Crippen molar-refractivity contribution in [3.63, 3.8) is 0 Å². The third-order valence-electron chi connectivity index (χ3n) is 7.78. The Morgan fingerprint density at radius 3 is 2.11 bits per heavy atom. The summed E-state index contributed by atoms with van der Waals surface area (Å²) < 4.78 is 52.5. The van der Waals surface area contributed by atoms with Gasteiger partial charge in [-0.1, -0.05) is 13.8 Å². The van der Waals surface area contributed by atoms with Gasteiger partial charge in [-0.25, -0.2) is 4.79 Å². The van der Waals surface area contributed by atoms with Gasteiger partial charge in [-0.15, -0.1) is 0 Å². The number of esters is 1. The first-order valence-corrected chi connectivity index (χ1v) is 10.3. The van der Waals surface area contributed by atoms with Gasteiger partial charge in [-0.2, -0.15) is 13.2 Å². The lowest BCUT2D eigenvalue weighted by atomic mass is 9.70. The minimum absolute atomic E-state index is 0.100. The highest BCUT2D eigenvalue weighted by Gasteiger charge is 2.68. The van der Waals surface area contributed by atoms with Crippen LogP contribution in [0.2, 0.25) is 0 Å². The molecule has 0 aliphatic heterocycles. The first-order valence-electron chi connectivity index (χ1n) is 10.3. The maximum absolute atomic E-state index is 14.1. The highest BCUT2D eigenvalue weighted by molar-refractivity contribution is 5.71. The van der Waals surface area contributed by atoms with Crippen LogP contribution >= 0.6 is 0 Å². The molecule has 3 aliphatic carbocycles. The van der Waals surface area contributed by atoms with E-state index in [4.69, 9.17) is 9.47 Å². The van der Waals surface area contributed by atoms with Crippen molar-refractivity contribution in [1.29, 1.82) is 0 Å². The van der Waals surface area contributed by atoms with E-state index in [2.05, 4.69) is 13.8 Å². The molecule has 0 aromatic rings. The quantitative estimate of drug-likeness (QED) is 0.711. The van der Waals surface area contributed by atoms with Gasteiger partial charge in [0.25, 0.3) is 0 Å². The number of halogens is 3. The molecule has 3 rings (SSSR count). The number of ether oxygens (including phenoxy) is 2. The van der Waals surface area contributed by atoms with Crippen molar-refractivity contribution < 1.29 is 32.5 Å². The van der Waals surface area contributed by atoms with E-state index >= 15 is 0 Å².